The summed E-state index contributed by atoms with van der Waals surface area (Å²) in [6.45, 7) is 0.961. The number of nitrogens with zero attached hydrogens (tertiary/aromatic N) is 2. The van der Waals surface area contributed by atoms with Gasteiger partial charge in [-0.1, -0.05) is 0 Å². The first kappa shape index (κ1) is 14.5. The molecule has 0 bridgehead atoms. The molecule has 1 aromatic carbocycles. The highest BCUT2D eigenvalue weighted by atomic mass is 79.9. The van der Waals surface area contributed by atoms with E-state index >= 15 is 0 Å². The summed E-state index contributed by atoms with van der Waals surface area (Å²) in [6.07, 6.45) is 1.59. The molecule has 7 heteroatoms. The predicted octanol–water partition coefficient (Wildman–Crippen LogP) is 1.62. The molecule has 2 aromatic rings. The standard InChI is InChI=1S/C13H15BrN4O2/c1-18-13(19)12(14)11(8-16-18)17-9-2-4-10(5-3-9)20-7-6-15/h2-5,8,17H,6-7,15H2,1H3. The lowest BCUT2D eigenvalue weighted by atomic mass is 10.3. The van der Waals surface area contributed by atoms with E-state index in [1.807, 2.05) is 24.3 Å². The van der Waals surface area contributed by atoms with E-state index in [0.717, 1.165) is 11.4 Å². The third-order valence-corrected chi connectivity index (χ3v) is 3.36. The molecule has 2 rings (SSSR count). The SMILES string of the molecule is Cn1ncc(Nc2ccc(OCCN)cc2)c(Br)c1=O. The van der Waals surface area contributed by atoms with Gasteiger partial charge in [0.25, 0.3) is 5.56 Å². The molecule has 0 fully saturated rings. The van der Waals surface area contributed by atoms with Gasteiger partial charge in [-0.05, 0) is 40.2 Å². The highest BCUT2D eigenvalue weighted by Crippen LogP contribution is 2.23. The monoisotopic (exact) mass is 338 g/mol. The third-order valence-electron chi connectivity index (χ3n) is 2.60. The van der Waals surface area contributed by atoms with E-state index in [-0.39, 0.29) is 5.56 Å². The van der Waals surface area contributed by atoms with Crippen molar-refractivity contribution in [3.8, 4) is 5.75 Å². The van der Waals surface area contributed by atoms with Crippen molar-refractivity contribution in [3.05, 3.63) is 45.3 Å². The predicted molar refractivity (Wildman–Crippen MR) is 81.5 cm³/mol. The number of hydrogen-bond donors (Lipinski definition) is 2. The Morgan fingerprint density at radius 2 is 2.10 bits per heavy atom. The van der Waals surface area contributed by atoms with Crippen LogP contribution < -0.4 is 21.3 Å². The quantitative estimate of drug-likeness (QED) is 0.865. The fraction of sp³-hybridized carbons (Fsp3) is 0.231. The summed E-state index contributed by atoms with van der Waals surface area (Å²) in [5, 5.41) is 7.09. The molecule has 0 radical (unpaired) electrons. The summed E-state index contributed by atoms with van der Waals surface area (Å²) >= 11 is 3.26. The molecule has 0 aliphatic rings. The topological polar surface area (TPSA) is 82.2 Å². The molecular weight excluding hydrogens is 324 g/mol. The van der Waals surface area contributed by atoms with Crippen molar-refractivity contribution in [1.29, 1.82) is 0 Å². The molecule has 0 aliphatic carbocycles. The van der Waals surface area contributed by atoms with Gasteiger partial charge >= 0.3 is 0 Å². The lowest BCUT2D eigenvalue weighted by Crippen LogP contribution is -2.20. The van der Waals surface area contributed by atoms with Crippen molar-refractivity contribution < 1.29 is 4.74 Å². The second-order valence-electron chi connectivity index (χ2n) is 4.09. The molecule has 0 unspecified atom stereocenters. The third kappa shape index (κ3) is 3.37. The van der Waals surface area contributed by atoms with Gasteiger partial charge in [0.1, 0.15) is 16.8 Å². The Labute approximate surface area is 124 Å². The van der Waals surface area contributed by atoms with E-state index in [2.05, 4.69) is 26.3 Å². The van der Waals surface area contributed by atoms with Crippen molar-refractivity contribution in [3.63, 3.8) is 0 Å². The van der Waals surface area contributed by atoms with Crippen LogP contribution in [-0.2, 0) is 7.05 Å². The van der Waals surface area contributed by atoms with Crippen molar-refractivity contribution in [2.75, 3.05) is 18.5 Å². The molecule has 0 atom stereocenters. The largest absolute Gasteiger partial charge is 0.492 e. The van der Waals surface area contributed by atoms with Crippen LogP contribution in [0.3, 0.4) is 0 Å². The van der Waals surface area contributed by atoms with E-state index in [9.17, 15) is 4.79 Å². The molecule has 6 nitrogen and oxygen atoms in total. The Morgan fingerprint density at radius 1 is 1.40 bits per heavy atom. The van der Waals surface area contributed by atoms with Gasteiger partial charge in [0.05, 0.1) is 11.9 Å². The number of halogens is 1. The smallest absolute Gasteiger partial charge is 0.282 e. The molecule has 3 N–H and O–H groups in total. The average molecular weight is 339 g/mol. The Bertz CT molecular complexity index is 640. The highest BCUT2D eigenvalue weighted by molar-refractivity contribution is 9.10. The summed E-state index contributed by atoms with van der Waals surface area (Å²) < 4.78 is 7.10. The molecule has 0 spiro atoms. The van der Waals surface area contributed by atoms with Crippen molar-refractivity contribution in [1.82, 2.24) is 9.78 Å². The number of rotatable bonds is 5. The molecule has 1 aromatic heterocycles. The van der Waals surface area contributed by atoms with Gasteiger partial charge < -0.3 is 15.8 Å². The van der Waals surface area contributed by atoms with Crippen molar-refractivity contribution in [2.24, 2.45) is 12.8 Å². The Morgan fingerprint density at radius 3 is 2.75 bits per heavy atom. The van der Waals surface area contributed by atoms with E-state index in [4.69, 9.17) is 10.5 Å². The summed E-state index contributed by atoms with van der Waals surface area (Å²) in [7, 11) is 1.60. The number of aromatic nitrogens is 2. The first-order valence-electron chi connectivity index (χ1n) is 6.03. The molecule has 0 aliphatic heterocycles. The summed E-state index contributed by atoms with van der Waals surface area (Å²) in [5.41, 5.74) is 6.62. The van der Waals surface area contributed by atoms with Crippen LogP contribution in [0, 0.1) is 0 Å². The summed E-state index contributed by atoms with van der Waals surface area (Å²) in [4.78, 5) is 11.7. The zero-order valence-corrected chi connectivity index (χ0v) is 12.6. The minimum absolute atomic E-state index is 0.196. The van der Waals surface area contributed by atoms with Gasteiger partial charge in [0, 0.05) is 19.3 Å². The summed E-state index contributed by atoms with van der Waals surface area (Å²) in [6, 6.07) is 7.38. The fourth-order valence-corrected chi connectivity index (χ4v) is 2.02. The second-order valence-corrected chi connectivity index (χ2v) is 4.88. The minimum atomic E-state index is -0.196. The van der Waals surface area contributed by atoms with Crippen LogP contribution in [0.5, 0.6) is 5.75 Å². The number of nitrogens with one attached hydrogen (secondary N) is 1. The van der Waals surface area contributed by atoms with Crippen LogP contribution in [0.1, 0.15) is 0 Å². The second kappa shape index (κ2) is 6.53. The molecular formula is C13H15BrN4O2. The number of benzene rings is 1. The number of hydrogen-bond acceptors (Lipinski definition) is 5. The normalized spacial score (nSPS) is 10.3. The van der Waals surface area contributed by atoms with Gasteiger partial charge in [-0.3, -0.25) is 4.79 Å². The van der Waals surface area contributed by atoms with Gasteiger partial charge in [-0.25, -0.2) is 4.68 Å². The number of nitrogens with two attached hydrogens (primary N) is 1. The van der Waals surface area contributed by atoms with E-state index < -0.39 is 0 Å². The highest BCUT2D eigenvalue weighted by Gasteiger charge is 2.07. The van der Waals surface area contributed by atoms with E-state index in [1.165, 1.54) is 4.68 Å². The van der Waals surface area contributed by atoms with E-state index in [1.54, 1.807) is 13.2 Å². The number of aryl methyl sites for hydroxylation is 1. The maximum atomic E-state index is 11.7. The lowest BCUT2D eigenvalue weighted by molar-refractivity contribution is 0.328. The molecule has 20 heavy (non-hydrogen) atoms. The van der Waals surface area contributed by atoms with Gasteiger partial charge in [0.2, 0.25) is 0 Å². The average Bonchev–Trinajstić information content (AvgIpc) is 2.47. The van der Waals surface area contributed by atoms with Crippen LogP contribution in [-0.4, -0.2) is 22.9 Å². The number of ether oxygens (including phenoxy) is 1. The van der Waals surface area contributed by atoms with Gasteiger partial charge in [0.15, 0.2) is 0 Å². The molecule has 0 amide bonds. The molecule has 1 heterocycles. The lowest BCUT2D eigenvalue weighted by Gasteiger charge is -2.10. The fourth-order valence-electron chi connectivity index (χ4n) is 1.56. The Hall–Kier alpha value is -1.86. The number of anilines is 2. The maximum absolute atomic E-state index is 11.7. The van der Waals surface area contributed by atoms with Crippen molar-refractivity contribution in [2.45, 2.75) is 0 Å². The zero-order valence-electron chi connectivity index (χ0n) is 11.0. The molecule has 106 valence electrons. The Balaban J connectivity index is 2.14. The van der Waals surface area contributed by atoms with Crippen LogP contribution >= 0.6 is 15.9 Å². The zero-order chi connectivity index (χ0) is 14.5. The van der Waals surface area contributed by atoms with Crippen molar-refractivity contribution >= 4 is 27.3 Å². The Kier molecular flexibility index (Phi) is 4.75. The van der Waals surface area contributed by atoms with Crippen LogP contribution in [0.25, 0.3) is 0 Å². The van der Waals surface area contributed by atoms with Crippen LogP contribution in [0.2, 0.25) is 0 Å². The summed E-state index contributed by atoms with van der Waals surface area (Å²) in [5.74, 6) is 0.752. The molecule has 0 saturated heterocycles. The minimum Gasteiger partial charge on any atom is -0.492 e. The molecule has 0 saturated carbocycles. The van der Waals surface area contributed by atoms with Gasteiger partial charge in [-0.15, -0.1) is 0 Å². The first-order chi connectivity index (χ1) is 9.61. The first-order valence-corrected chi connectivity index (χ1v) is 6.83. The van der Waals surface area contributed by atoms with Crippen LogP contribution in [0.15, 0.2) is 39.7 Å². The maximum Gasteiger partial charge on any atom is 0.282 e. The van der Waals surface area contributed by atoms with E-state index in [0.29, 0.717) is 23.3 Å². The van der Waals surface area contributed by atoms with Crippen LogP contribution in [0.4, 0.5) is 11.4 Å². The van der Waals surface area contributed by atoms with Gasteiger partial charge in [-0.2, -0.15) is 5.10 Å².